The molecule has 0 amide bonds. The van der Waals surface area contributed by atoms with Gasteiger partial charge in [-0.15, -0.1) is 0 Å². The molecule has 0 atom stereocenters. The van der Waals surface area contributed by atoms with Crippen LogP contribution in [-0.4, -0.2) is 29.1 Å². The van der Waals surface area contributed by atoms with E-state index in [0.29, 0.717) is 5.75 Å². The van der Waals surface area contributed by atoms with E-state index in [1.165, 1.54) is 25.3 Å². The predicted octanol–water partition coefficient (Wildman–Crippen LogP) is 2.52. The summed E-state index contributed by atoms with van der Waals surface area (Å²) in [5.41, 5.74) is -1.81. The first-order valence-electron chi connectivity index (χ1n) is 6.31. The first-order valence-corrected chi connectivity index (χ1v) is 6.31. The minimum Gasteiger partial charge on any atom is -0.497 e. The largest absolute Gasteiger partial charge is 0.497 e. The standard InChI is InChI=1S/C15H11NO7/c1-22-9-4-2-5-10(8-9)23-15(19)11-6-3-7-12(16(20)21)13(11)14(17)18/h2-8H,1H3,(H,17,18). The molecule has 0 spiro atoms. The number of carbonyl (C=O) groups excluding carboxylic acids is 1. The molecule has 0 aliphatic carbocycles. The molecule has 0 aromatic heterocycles. The number of carbonyl (C=O) groups is 2. The number of nitro benzene ring substituents is 1. The third-order valence-corrected chi connectivity index (χ3v) is 2.92. The van der Waals surface area contributed by atoms with Crippen molar-refractivity contribution < 1.29 is 29.1 Å². The Morgan fingerprint density at radius 1 is 1.13 bits per heavy atom. The van der Waals surface area contributed by atoms with Crippen LogP contribution in [0.25, 0.3) is 0 Å². The molecule has 0 bridgehead atoms. The lowest BCUT2D eigenvalue weighted by Crippen LogP contribution is -2.15. The SMILES string of the molecule is COc1cccc(OC(=O)c2cccc([N+](=O)[O-])c2C(=O)O)c1. The zero-order chi connectivity index (χ0) is 17.0. The van der Waals surface area contributed by atoms with Crippen LogP contribution in [0, 0.1) is 10.1 Å². The maximum atomic E-state index is 12.2. The maximum absolute atomic E-state index is 12.2. The number of carboxylic acid groups (broad SMARTS) is 1. The van der Waals surface area contributed by atoms with E-state index < -0.39 is 33.7 Å². The van der Waals surface area contributed by atoms with E-state index in [2.05, 4.69) is 0 Å². The first-order chi connectivity index (χ1) is 10.9. The van der Waals surface area contributed by atoms with E-state index in [9.17, 15) is 19.7 Å². The highest BCUT2D eigenvalue weighted by molar-refractivity contribution is 6.05. The molecule has 8 nitrogen and oxygen atoms in total. The minimum absolute atomic E-state index is 0.122. The Hall–Kier alpha value is -3.42. The molecule has 23 heavy (non-hydrogen) atoms. The van der Waals surface area contributed by atoms with Gasteiger partial charge < -0.3 is 14.6 Å². The van der Waals surface area contributed by atoms with Crippen LogP contribution >= 0.6 is 0 Å². The predicted molar refractivity (Wildman–Crippen MR) is 78.0 cm³/mol. The van der Waals surface area contributed by atoms with E-state index in [0.717, 1.165) is 12.1 Å². The summed E-state index contributed by atoms with van der Waals surface area (Å²) in [6, 6.07) is 9.48. The van der Waals surface area contributed by atoms with E-state index in [-0.39, 0.29) is 5.75 Å². The fraction of sp³-hybridized carbons (Fsp3) is 0.0667. The second kappa shape index (κ2) is 6.56. The number of nitro groups is 1. The number of esters is 1. The van der Waals surface area contributed by atoms with Crippen LogP contribution in [0.3, 0.4) is 0 Å². The molecule has 8 heteroatoms. The van der Waals surface area contributed by atoms with Crippen LogP contribution in [0.15, 0.2) is 42.5 Å². The highest BCUT2D eigenvalue weighted by atomic mass is 16.6. The summed E-state index contributed by atoms with van der Waals surface area (Å²) in [5.74, 6) is -2.04. The number of hydrogen-bond acceptors (Lipinski definition) is 6. The number of carboxylic acids is 1. The molecule has 0 fully saturated rings. The number of ether oxygens (including phenoxy) is 2. The summed E-state index contributed by atoms with van der Waals surface area (Å²) in [7, 11) is 1.43. The molecule has 0 saturated carbocycles. The minimum atomic E-state index is -1.59. The summed E-state index contributed by atoms with van der Waals surface area (Å²) in [6.07, 6.45) is 0. The third kappa shape index (κ3) is 3.43. The fourth-order valence-corrected chi connectivity index (χ4v) is 1.91. The molecule has 0 aliphatic rings. The number of rotatable bonds is 5. The molecule has 2 aromatic rings. The Morgan fingerprint density at radius 2 is 1.78 bits per heavy atom. The third-order valence-electron chi connectivity index (χ3n) is 2.92. The number of methoxy groups -OCH3 is 1. The van der Waals surface area contributed by atoms with E-state index in [1.54, 1.807) is 12.1 Å². The van der Waals surface area contributed by atoms with Crippen molar-refractivity contribution in [2.24, 2.45) is 0 Å². The van der Waals surface area contributed by atoms with Crippen molar-refractivity contribution in [2.45, 2.75) is 0 Å². The Morgan fingerprint density at radius 3 is 2.39 bits per heavy atom. The summed E-state index contributed by atoms with van der Waals surface area (Å²) >= 11 is 0. The highest BCUT2D eigenvalue weighted by Crippen LogP contribution is 2.25. The Kier molecular flexibility index (Phi) is 4.55. The molecule has 118 valence electrons. The zero-order valence-corrected chi connectivity index (χ0v) is 11.9. The highest BCUT2D eigenvalue weighted by Gasteiger charge is 2.28. The number of benzene rings is 2. The summed E-state index contributed by atoms with van der Waals surface area (Å²) in [6.45, 7) is 0. The second-order valence-corrected chi connectivity index (χ2v) is 4.33. The first kappa shape index (κ1) is 16.0. The van der Waals surface area contributed by atoms with E-state index >= 15 is 0 Å². The van der Waals surface area contributed by atoms with Crippen LogP contribution in [0.4, 0.5) is 5.69 Å². The number of nitrogens with zero attached hydrogens (tertiary/aromatic N) is 1. The van der Waals surface area contributed by atoms with Crippen LogP contribution < -0.4 is 9.47 Å². The van der Waals surface area contributed by atoms with Gasteiger partial charge in [-0.3, -0.25) is 10.1 Å². The molecule has 0 unspecified atom stereocenters. The van der Waals surface area contributed by atoms with Gasteiger partial charge in [0.2, 0.25) is 0 Å². The lowest BCUT2D eigenvalue weighted by atomic mass is 10.1. The van der Waals surface area contributed by atoms with Gasteiger partial charge >= 0.3 is 11.9 Å². The lowest BCUT2D eigenvalue weighted by molar-refractivity contribution is -0.385. The van der Waals surface area contributed by atoms with Crippen LogP contribution in [0.1, 0.15) is 20.7 Å². The Bertz CT molecular complexity index is 785. The average molecular weight is 317 g/mol. The molecular formula is C15H11NO7. The molecule has 1 N–H and O–H groups in total. The van der Waals surface area contributed by atoms with Gasteiger partial charge in [0.25, 0.3) is 5.69 Å². The summed E-state index contributed by atoms with van der Waals surface area (Å²) in [5, 5.41) is 20.1. The van der Waals surface area contributed by atoms with Crippen molar-refractivity contribution >= 4 is 17.6 Å². The quantitative estimate of drug-likeness (QED) is 0.390. The number of aromatic carboxylic acids is 1. The molecule has 2 aromatic carbocycles. The van der Waals surface area contributed by atoms with E-state index in [1.807, 2.05) is 0 Å². The average Bonchev–Trinajstić information content (AvgIpc) is 2.54. The van der Waals surface area contributed by atoms with Crippen molar-refractivity contribution in [2.75, 3.05) is 7.11 Å². The monoisotopic (exact) mass is 317 g/mol. The van der Waals surface area contributed by atoms with Crippen molar-refractivity contribution in [1.82, 2.24) is 0 Å². The molecule has 0 radical (unpaired) electrons. The van der Waals surface area contributed by atoms with Crippen LogP contribution in [-0.2, 0) is 0 Å². The van der Waals surface area contributed by atoms with Crippen LogP contribution in [0.2, 0.25) is 0 Å². The molecule has 0 heterocycles. The van der Waals surface area contributed by atoms with Crippen molar-refractivity contribution in [3.8, 4) is 11.5 Å². The lowest BCUT2D eigenvalue weighted by Gasteiger charge is -2.08. The van der Waals surface area contributed by atoms with Gasteiger partial charge in [-0.1, -0.05) is 12.1 Å². The van der Waals surface area contributed by atoms with Gasteiger partial charge in [-0.25, -0.2) is 9.59 Å². The van der Waals surface area contributed by atoms with Gasteiger partial charge in [0.15, 0.2) is 5.56 Å². The van der Waals surface area contributed by atoms with Crippen molar-refractivity contribution in [1.29, 1.82) is 0 Å². The smallest absolute Gasteiger partial charge is 0.344 e. The van der Waals surface area contributed by atoms with Gasteiger partial charge in [-0.2, -0.15) is 0 Å². The second-order valence-electron chi connectivity index (χ2n) is 4.33. The molecule has 0 saturated heterocycles. The normalized spacial score (nSPS) is 9.96. The number of hydrogen-bond donors (Lipinski definition) is 1. The van der Waals surface area contributed by atoms with Gasteiger partial charge in [-0.05, 0) is 18.2 Å². The molecule has 0 aliphatic heterocycles. The molecule has 2 rings (SSSR count). The fourth-order valence-electron chi connectivity index (χ4n) is 1.91. The summed E-state index contributed by atoms with van der Waals surface area (Å²) < 4.78 is 10.0. The van der Waals surface area contributed by atoms with Crippen LogP contribution in [0.5, 0.6) is 11.5 Å². The van der Waals surface area contributed by atoms with Gasteiger partial charge in [0.05, 0.1) is 17.6 Å². The van der Waals surface area contributed by atoms with Crippen molar-refractivity contribution in [3.63, 3.8) is 0 Å². The van der Waals surface area contributed by atoms with E-state index in [4.69, 9.17) is 14.6 Å². The van der Waals surface area contributed by atoms with Gasteiger partial charge in [0, 0.05) is 12.1 Å². The Balaban J connectivity index is 2.41. The molecular weight excluding hydrogens is 306 g/mol. The maximum Gasteiger partial charge on any atom is 0.344 e. The summed E-state index contributed by atoms with van der Waals surface area (Å²) in [4.78, 5) is 33.5. The topological polar surface area (TPSA) is 116 Å². The Labute approximate surface area is 130 Å². The van der Waals surface area contributed by atoms with Crippen molar-refractivity contribution in [3.05, 3.63) is 63.7 Å². The zero-order valence-electron chi connectivity index (χ0n) is 11.9. The van der Waals surface area contributed by atoms with Gasteiger partial charge in [0.1, 0.15) is 11.5 Å².